The highest BCUT2D eigenvalue weighted by molar-refractivity contribution is 6.31. The summed E-state index contributed by atoms with van der Waals surface area (Å²) < 4.78 is 37.6. The van der Waals surface area contributed by atoms with Gasteiger partial charge in [-0.1, -0.05) is 19.1 Å². The van der Waals surface area contributed by atoms with Crippen molar-refractivity contribution in [1.29, 1.82) is 0 Å². The summed E-state index contributed by atoms with van der Waals surface area (Å²) in [5.74, 6) is -3.05. The number of fused-ring (bicyclic) bond motifs is 3. The summed E-state index contributed by atoms with van der Waals surface area (Å²) in [7, 11) is 3.77. The summed E-state index contributed by atoms with van der Waals surface area (Å²) >= 11 is 0. The van der Waals surface area contributed by atoms with Gasteiger partial charge in [0.1, 0.15) is 35.6 Å². The number of phenols is 3. The number of phenolic OH excluding ortho intramolecular Hbond substituents is 3. The van der Waals surface area contributed by atoms with Crippen LogP contribution < -0.4 is 0 Å². The molecule has 13 atom stereocenters. The molecular formula is C40H53NO14. The largest absolute Gasteiger partial charge is 0.507 e. The lowest BCUT2D eigenvalue weighted by Crippen LogP contribution is -2.58. The van der Waals surface area contributed by atoms with Crippen molar-refractivity contribution in [2.45, 2.75) is 152 Å². The molecule has 0 spiro atoms. The molecule has 15 nitrogen and oxygen atoms in total. The molecule has 0 saturated carbocycles. The molecule has 0 aromatic heterocycles. The number of ether oxygens (including phenoxy) is 6. The van der Waals surface area contributed by atoms with Crippen LogP contribution in [0.5, 0.6) is 17.2 Å². The second-order valence-electron chi connectivity index (χ2n) is 15.9. The Hall–Kier alpha value is -3.22. The zero-order valence-electron chi connectivity index (χ0n) is 32.0. The SMILES string of the molecule is CC[C@@]1(O)CCc2c(O)c3c(c(O)c2[C@@H]1O[C@H]1C[C@H](N(C)C)[C@H](O[C@H]2C[C@H](O)[C@H](O[C@H]4CC[C@H](O)[C@H](C)O4)[C@H](C)O2)[C@H](C)O1)C(=O)c1cccc(O)c1C3=O. The Morgan fingerprint density at radius 3 is 2.07 bits per heavy atom. The fourth-order valence-electron chi connectivity index (χ4n) is 8.95. The molecule has 55 heavy (non-hydrogen) atoms. The van der Waals surface area contributed by atoms with Crippen LogP contribution in [0.3, 0.4) is 0 Å². The number of carbonyl (C=O) groups is 2. The van der Waals surface area contributed by atoms with Crippen molar-refractivity contribution < 1.29 is 68.6 Å². The van der Waals surface area contributed by atoms with Crippen LogP contribution >= 0.6 is 0 Å². The van der Waals surface area contributed by atoms with Crippen molar-refractivity contribution >= 4 is 11.6 Å². The van der Waals surface area contributed by atoms with Gasteiger partial charge in [0.25, 0.3) is 0 Å². The summed E-state index contributed by atoms with van der Waals surface area (Å²) in [5, 5.41) is 67.0. The molecule has 5 aliphatic rings. The van der Waals surface area contributed by atoms with Crippen LogP contribution in [-0.4, -0.2) is 134 Å². The fraction of sp³-hybridized carbons (Fsp3) is 0.650. The molecule has 7 rings (SSSR count). The van der Waals surface area contributed by atoms with Crippen LogP contribution in [0.4, 0.5) is 0 Å². The van der Waals surface area contributed by atoms with E-state index in [1.807, 2.05) is 25.9 Å². The quantitative estimate of drug-likeness (QED) is 0.182. The molecular weight excluding hydrogens is 718 g/mol. The van der Waals surface area contributed by atoms with Crippen LogP contribution in [0.2, 0.25) is 0 Å². The Labute approximate surface area is 319 Å². The highest BCUT2D eigenvalue weighted by Gasteiger charge is 2.51. The van der Waals surface area contributed by atoms with Gasteiger partial charge in [0.2, 0.25) is 5.78 Å². The van der Waals surface area contributed by atoms with Crippen LogP contribution in [0.15, 0.2) is 18.2 Å². The van der Waals surface area contributed by atoms with E-state index in [4.69, 9.17) is 28.4 Å². The summed E-state index contributed by atoms with van der Waals surface area (Å²) in [6.07, 6.45) is -6.00. The van der Waals surface area contributed by atoms with E-state index in [-0.39, 0.29) is 66.5 Å². The van der Waals surface area contributed by atoms with Gasteiger partial charge in [-0.15, -0.1) is 0 Å². The monoisotopic (exact) mass is 771 g/mol. The van der Waals surface area contributed by atoms with Crippen LogP contribution in [0.25, 0.3) is 0 Å². The minimum absolute atomic E-state index is 0.00671. The first-order valence-electron chi connectivity index (χ1n) is 19.2. The van der Waals surface area contributed by atoms with Gasteiger partial charge < -0.3 is 64.0 Å². The van der Waals surface area contributed by atoms with Crippen molar-refractivity contribution in [2.24, 2.45) is 0 Å². The van der Waals surface area contributed by atoms with Crippen LogP contribution in [-0.2, 0) is 34.8 Å². The standard InChI is InChI=1S/C40H53NO14/c1-7-40(49)14-13-21-30(36(48)32-31(34(21)46)35(47)29-20(33(32)45)9-8-10-24(29)43)39(40)55-27-15-22(41(5)6)37(18(3)51-27)54-28-16-25(44)38(19(4)52-28)53-26-12-11-23(42)17(2)50-26/h8-10,17-19,22-23,25-28,37-39,42-44,46,48-49H,7,11-16H2,1-6H3/t17-,18-,19-,22-,23-,25-,26-,27-,28-,37+,38+,39-,40+/m0/s1. The first kappa shape index (κ1) is 40.0. The number of hydrogen-bond acceptors (Lipinski definition) is 15. The van der Waals surface area contributed by atoms with Gasteiger partial charge in [0.15, 0.2) is 24.7 Å². The molecule has 3 fully saturated rings. The molecule has 2 aliphatic carbocycles. The number of aliphatic hydroxyl groups is 3. The van der Waals surface area contributed by atoms with Gasteiger partial charge in [0, 0.05) is 42.0 Å². The highest BCUT2D eigenvalue weighted by Crippen LogP contribution is 2.54. The molecule has 3 aliphatic heterocycles. The zero-order chi connectivity index (χ0) is 39.7. The molecule has 2 aromatic carbocycles. The van der Waals surface area contributed by atoms with Gasteiger partial charge in [-0.25, -0.2) is 0 Å². The number of likely N-dealkylation sites (N-methyl/N-ethyl adjacent to an activating group) is 1. The second kappa shape index (κ2) is 15.3. The first-order valence-corrected chi connectivity index (χ1v) is 19.2. The number of benzene rings is 2. The van der Waals surface area contributed by atoms with E-state index in [1.54, 1.807) is 20.8 Å². The maximum absolute atomic E-state index is 13.8. The van der Waals surface area contributed by atoms with E-state index < -0.39 is 107 Å². The molecule has 0 amide bonds. The maximum atomic E-state index is 13.8. The molecule has 0 bridgehead atoms. The topological polar surface area (TPSA) is 214 Å². The van der Waals surface area contributed by atoms with E-state index in [9.17, 15) is 40.2 Å². The average Bonchev–Trinajstić information content (AvgIpc) is 3.13. The molecule has 0 unspecified atom stereocenters. The van der Waals surface area contributed by atoms with Crippen LogP contribution in [0.1, 0.15) is 115 Å². The molecule has 0 radical (unpaired) electrons. The minimum atomic E-state index is -1.54. The Morgan fingerprint density at radius 2 is 1.42 bits per heavy atom. The number of carbonyl (C=O) groups excluding carboxylic acids is 2. The number of aliphatic hydroxyl groups excluding tert-OH is 2. The van der Waals surface area contributed by atoms with Gasteiger partial charge >= 0.3 is 0 Å². The lowest BCUT2D eigenvalue weighted by molar-refractivity contribution is -0.331. The number of aromatic hydroxyl groups is 3. The number of nitrogens with zero attached hydrogens (tertiary/aromatic N) is 1. The Morgan fingerprint density at radius 1 is 0.782 bits per heavy atom. The lowest BCUT2D eigenvalue weighted by Gasteiger charge is -2.48. The van der Waals surface area contributed by atoms with Crippen molar-refractivity contribution in [3.05, 3.63) is 51.6 Å². The third kappa shape index (κ3) is 7.06. The molecule has 3 heterocycles. The predicted octanol–water partition coefficient (Wildman–Crippen LogP) is 2.94. The Balaban J connectivity index is 1.10. The smallest absolute Gasteiger partial charge is 0.202 e. The first-order chi connectivity index (χ1) is 26.0. The summed E-state index contributed by atoms with van der Waals surface area (Å²) in [6, 6.07) is 3.74. The Bertz CT molecular complexity index is 1790. The molecule has 3 saturated heterocycles. The third-order valence-electron chi connectivity index (χ3n) is 12.2. The van der Waals surface area contributed by atoms with E-state index in [1.165, 1.54) is 18.2 Å². The number of hydrogen-bond donors (Lipinski definition) is 6. The van der Waals surface area contributed by atoms with Crippen molar-refractivity contribution in [3.8, 4) is 17.2 Å². The predicted molar refractivity (Wildman–Crippen MR) is 193 cm³/mol. The van der Waals surface area contributed by atoms with E-state index in [2.05, 4.69) is 0 Å². The number of ketones is 2. The normalized spacial score (nSPS) is 37.7. The van der Waals surface area contributed by atoms with Crippen molar-refractivity contribution in [2.75, 3.05) is 14.1 Å². The Kier molecular flexibility index (Phi) is 11.1. The summed E-state index contributed by atoms with van der Waals surface area (Å²) in [4.78, 5) is 29.4. The molecule has 2 aromatic rings. The fourth-order valence-corrected chi connectivity index (χ4v) is 8.95. The lowest BCUT2D eigenvalue weighted by atomic mass is 9.71. The highest BCUT2D eigenvalue weighted by atomic mass is 16.7. The molecule has 6 N–H and O–H groups in total. The van der Waals surface area contributed by atoms with Gasteiger partial charge in [0.05, 0.1) is 52.8 Å². The van der Waals surface area contributed by atoms with E-state index in [0.717, 1.165) is 0 Å². The van der Waals surface area contributed by atoms with Gasteiger partial charge in [-0.2, -0.15) is 0 Å². The van der Waals surface area contributed by atoms with E-state index >= 15 is 0 Å². The number of rotatable bonds is 8. The van der Waals surface area contributed by atoms with Crippen molar-refractivity contribution in [3.63, 3.8) is 0 Å². The minimum Gasteiger partial charge on any atom is -0.507 e. The van der Waals surface area contributed by atoms with Crippen LogP contribution in [0, 0.1) is 0 Å². The maximum Gasteiger partial charge on any atom is 0.202 e. The molecule has 302 valence electrons. The van der Waals surface area contributed by atoms with E-state index in [0.29, 0.717) is 12.8 Å². The average molecular weight is 772 g/mol. The third-order valence-corrected chi connectivity index (χ3v) is 12.2. The molecule has 15 heteroatoms. The zero-order valence-corrected chi connectivity index (χ0v) is 32.0. The summed E-state index contributed by atoms with van der Waals surface area (Å²) in [6.45, 7) is 7.16. The second-order valence-corrected chi connectivity index (χ2v) is 15.9. The van der Waals surface area contributed by atoms with Gasteiger partial charge in [-0.3, -0.25) is 9.59 Å². The van der Waals surface area contributed by atoms with Crippen molar-refractivity contribution in [1.82, 2.24) is 4.90 Å². The summed E-state index contributed by atoms with van der Waals surface area (Å²) in [5.41, 5.74) is -2.55. The van der Waals surface area contributed by atoms with Gasteiger partial charge in [-0.05, 0) is 66.6 Å².